The monoisotopic (exact) mass is 414 g/mol. The third-order valence-electron chi connectivity index (χ3n) is 3.90. The maximum atomic E-state index is 11.9. The predicted molar refractivity (Wildman–Crippen MR) is 111 cm³/mol. The molecule has 29 heavy (non-hydrogen) atoms. The number of nitriles is 1. The van der Waals surface area contributed by atoms with Gasteiger partial charge in [0.25, 0.3) is 5.91 Å². The van der Waals surface area contributed by atoms with Crippen LogP contribution in [0.2, 0.25) is 5.15 Å². The largest absolute Gasteiger partial charge is 0.452 e. The van der Waals surface area contributed by atoms with E-state index in [9.17, 15) is 9.59 Å². The molecule has 0 saturated carbocycles. The summed E-state index contributed by atoms with van der Waals surface area (Å²) in [5, 5.41) is 16.1. The Bertz CT molecular complexity index is 940. The quantitative estimate of drug-likeness (QED) is 0.524. The van der Waals surface area contributed by atoms with Crippen molar-refractivity contribution in [3.63, 3.8) is 0 Å². The van der Waals surface area contributed by atoms with Gasteiger partial charge in [0.1, 0.15) is 5.15 Å². The lowest BCUT2D eigenvalue weighted by molar-refractivity contribution is -0.142. The van der Waals surface area contributed by atoms with Crippen LogP contribution in [0.1, 0.15) is 30.7 Å². The van der Waals surface area contributed by atoms with Crippen molar-refractivity contribution < 1.29 is 14.3 Å². The highest BCUT2D eigenvalue weighted by molar-refractivity contribution is 6.31. The molecule has 1 amide bonds. The van der Waals surface area contributed by atoms with Crippen molar-refractivity contribution in [2.24, 2.45) is 5.92 Å². The fourth-order valence-electron chi connectivity index (χ4n) is 2.55. The van der Waals surface area contributed by atoms with Crippen molar-refractivity contribution in [3.8, 4) is 6.07 Å². The van der Waals surface area contributed by atoms with Crippen LogP contribution < -0.4 is 5.32 Å². The van der Waals surface area contributed by atoms with E-state index in [0.29, 0.717) is 41.0 Å². The highest BCUT2D eigenvalue weighted by Crippen LogP contribution is 2.22. The molecule has 1 aromatic carbocycles. The Labute approximate surface area is 174 Å². The molecule has 0 fully saturated rings. The summed E-state index contributed by atoms with van der Waals surface area (Å²) < 4.78 is 6.66. The van der Waals surface area contributed by atoms with Gasteiger partial charge in [-0.3, -0.25) is 9.48 Å². The van der Waals surface area contributed by atoms with E-state index >= 15 is 0 Å². The minimum atomic E-state index is -0.656. The number of esters is 1. The first kappa shape index (κ1) is 22.2. The van der Waals surface area contributed by atoms with Crippen molar-refractivity contribution in [2.75, 3.05) is 11.9 Å². The summed E-state index contributed by atoms with van der Waals surface area (Å²) in [5.41, 5.74) is 2.76. The van der Waals surface area contributed by atoms with Gasteiger partial charge in [0, 0.05) is 23.9 Å². The van der Waals surface area contributed by atoms with Crippen LogP contribution in [0.4, 0.5) is 5.69 Å². The fraction of sp³-hybridized carbons (Fsp3) is 0.333. The lowest BCUT2D eigenvalue weighted by Gasteiger charge is -2.06. The molecule has 0 bridgehead atoms. The molecule has 152 valence electrons. The van der Waals surface area contributed by atoms with E-state index in [2.05, 4.69) is 30.3 Å². The minimum Gasteiger partial charge on any atom is -0.452 e. The molecular formula is C21H23ClN4O3. The number of aryl methyl sites for hydroxylation is 1. The number of hydrogen-bond acceptors (Lipinski definition) is 5. The number of aromatic nitrogens is 2. The normalized spacial score (nSPS) is 10.9. The summed E-state index contributed by atoms with van der Waals surface area (Å²) >= 11 is 6.32. The van der Waals surface area contributed by atoms with E-state index in [0.717, 1.165) is 5.56 Å². The molecule has 8 heteroatoms. The van der Waals surface area contributed by atoms with E-state index in [4.69, 9.17) is 21.6 Å². The zero-order valence-corrected chi connectivity index (χ0v) is 17.4. The number of carbonyl (C=O) groups excluding carboxylic acids is 2. The molecule has 0 atom stereocenters. The Kier molecular flexibility index (Phi) is 7.98. The third-order valence-corrected chi connectivity index (χ3v) is 4.30. The van der Waals surface area contributed by atoms with Gasteiger partial charge < -0.3 is 10.1 Å². The average Bonchev–Trinajstić information content (AvgIpc) is 2.92. The van der Waals surface area contributed by atoms with Gasteiger partial charge in [-0.25, -0.2) is 4.79 Å². The number of rotatable bonds is 8. The van der Waals surface area contributed by atoms with Gasteiger partial charge in [0.15, 0.2) is 6.61 Å². The van der Waals surface area contributed by atoms with Gasteiger partial charge >= 0.3 is 5.97 Å². The summed E-state index contributed by atoms with van der Waals surface area (Å²) in [5.74, 6) is -0.731. The van der Waals surface area contributed by atoms with Gasteiger partial charge in [-0.2, -0.15) is 10.4 Å². The zero-order valence-electron chi connectivity index (χ0n) is 16.6. The van der Waals surface area contributed by atoms with Gasteiger partial charge in [0.05, 0.1) is 18.2 Å². The molecule has 1 aromatic heterocycles. The van der Waals surface area contributed by atoms with Crippen LogP contribution in [0.15, 0.2) is 30.3 Å². The third kappa shape index (κ3) is 6.77. The van der Waals surface area contributed by atoms with Crippen molar-refractivity contribution in [3.05, 3.63) is 52.3 Å². The van der Waals surface area contributed by atoms with Crippen LogP contribution >= 0.6 is 11.6 Å². The predicted octanol–water partition coefficient (Wildman–Crippen LogP) is 3.76. The SMILES string of the molecule is Cc1nn(CC(C)C)c(Cl)c1/C=C/C(=O)OCC(=O)Nc1ccc(CC#N)cc1. The number of amides is 1. The molecule has 0 saturated heterocycles. The molecular weight excluding hydrogens is 392 g/mol. The number of anilines is 1. The Morgan fingerprint density at radius 1 is 1.34 bits per heavy atom. The van der Waals surface area contributed by atoms with Crippen molar-refractivity contribution in [2.45, 2.75) is 33.7 Å². The lowest BCUT2D eigenvalue weighted by atomic mass is 10.1. The maximum absolute atomic E-state index is 11.9. The molecule has 0 aliphatic carbocycles. The Hall–Kier alpha value is -3.11. The number of halogens is 1. The van der Waals surface area contributed by atoms with Gasteiger partial charge in [-0.05, 0) is 36.6 Å². The van der Waals surface area contributed by atoms with Crippen LogP contribution in [0.5, 0.6) is 0 Å². The molecule has 2 aromatic rings. The number of hydrogen-bond donors (Lipinski definition) is 1. The highest BCUT2D eigenvalue weighted by Gasteiger charge is 2.13. The van der Waals surface area contributed by atoms with Crippen LogP contribution in [-0.4, -0.2) is 28.3 Å². The standard InChI is InChI=1S/C21H23ClN4O3/c1-14(2)12-26-21(22)18(15(3)25-26)8-9-20(28)29-13-19(27)24-17-6-4-16(5-7-17)10-11-23/h4-9,14H,10,12-13H2,1-3H3,(H,24,27)/b9-8+. The first-order valence-corrected chi connectivity index (χ1v) is 9.51. The van der Waals surface area contributed by atoms with Gasteiger partial charge in [0.2, 0.25) is 0 Å². The van der Waals surface area contributed by atoms with Crippen molar-refractivity contribution in [1.82, 2.24) is 9.78 Å². The van der Waals surface area contributed by atoms with E-state index in [-0.39, 0.29) is 0 Å². The first-order valence-electron chi connectivity index (χ1n) is 9.13. The highest BCUT2D eigenvalue weighted by atomic mass is 35.5. The van der Waals surface area contributed by atoms with E-state index < -0.39 is 18.5 Å². The second-order valence-corrected chi connectivity index (χ2v) is 7.24. The van der Waals surface area contributed by atoms with Crippen LogP contribution in [0.25, 0.3) is 6.08 Å². The molecule has 1 heterocycles. The Morgan fingerprint density at radius 2 is 2.03 bits per heavy atom. The molecule has 0 aliphatic heterocycles. The van der Waals surface area contributed by atoms with Crippen molar-refractivity contribution >= 4 is 35.2 Å². The molecule has 2 rings (SSSR count). The van der Waals surface area contributed by atoms with E-state index in [1.165, 1.54) is 12.2 Å². The minimum absolute atomic E-state index is 0.304. The second kappa shape index (κ2) is 10.4. The summed E-state index contributed by atoms with van der Waals surface area (Å²) in [6.07, 6.45) is 3.06. The summed E-state index contributed by atoms with van der Waals surface area (Å²) in [7, 11) is 0. The number of nitrogens with zero attached hydrogens (tertiary/aromatic N) is 3. The first-order chi connectivity index (χ1) is 13.8. The van der Waals surface area contributed by atoms with Gasteiger partial charge in [-0.15, -0.1) is 0 Å². The molecule has 0 spiro atoms. The number of ether oxygens (including phenoxy) is 1. The van der Waals surface area contributed by atoms with E-state index in [1.807, 2.05) is 6.92 Å². The summed E-state index contributed by atoms with van der Waals surface area (Å²) in [4.78, 5) is 23.8. The molecule has 0 aliphatic rings. The van der Waals surface area contributed by atoms with Crippen LogP contribution in [-0.2, 0) is 27.3 Å². The van der Waals surface area contributed by atoms with Crippen LogP contribution in [0, 0.1) is 24.2 Å². The molecule has 1 N–H and O–H groups in total. The lowest BCUT2D eigenvalue weighted by Crippen LogP contribution is -2.20. The van der Waals surface area contributed by atoms with Gasteiger partial charge in [-0.1, -0.05) is 37.6 Å². The zero-order chi connectivity index (χ0) is 21.4. The Balaban J connectivity index is 1.87. The number of carbonyl (C=O) groups is 2. The topological polar surface area (TPSA) is 97.0 Å². The van der Waals surface area contributed by atoms with E-state index in [1.54, 1.807) is 28.9 Å². The maximum Gasteiger partial charge on any atom is 0.331 e. The fourth-order valence-corrected chi connectivity index (χ4v) is 2.86. The second-order valence-electron chi connectivity index (χ2n) is 6.89. The summed E-state index contributed by atoms with van der Waals surface area (Å²) in [6, 6.07) is 8.92. The number of nitrogens with one attached hydrogen (secondary N) is 1. The molecule has 7 nitrogen and oxygen atoms in total. The average molecular weight is 415 g/mol. The molecule has 0 radical (unpaired) electrons. The molecule has 0 unspecified atom stereocenters. The Morgan fingerprint density at radius 3 is 2.66 bits per heavy atom. The number of benzene rings is 1. The summed E-state index contributed by atoms with van der Waals surface area (Å²) in [6.45, 7) is 6.19. The smallest absolute Gasteiger partial charge is 0.331 e. The van der Waals surface area contributed by atoms with Crippen LogP contribution in [0.3, 0.4) is 0 Å². The van der Waals surface area contributed by atoms with Crippen molar-refractivity contribution in [1.29, 1.82) is 5.26 Å².